The first-order valence-corrected chi connectivity index (χ1v) is 5.02. The number of hydrogen-bond donors (Lipinski definition) is 2. The largest absolute Gasteiger partial charge is 0.396 e. The summed E-state index contributed by atoms with van der Waals surface area (Å²) in [6, 6.07) is 0. The Morgan fingerprint density at radius 2 is 1.29 bits per heavy atom. The van der Waals surface area contributed by atoms with Crippen molar-refractivity contribution in [2.24, 2.45) is 0 Å². The maximum absolute atomic E-state index is 10.6. The molecule has 0 rings (SSSR count). The molecule has 0 aliphatic carbocycles. The van der Waals surface area contributed by atoms with E-state index in [-0.39, 0.29) is 6.61 Å². The van der Waals surface area contributed by atoms with Crippen LogP contribution in [0.2, 0.25) is 0 Å². The zero-order chi connectivity index (χ0) is 11.6. The fraction of sp³-hybridized carbons (Fsp3) is 1.00. The molecule has 0 aliphatic heterocycles. The van der Waals surface area contributed by atoms with Gasteiger partial charge in [-0.05, 0) is 6.42 Å². The molecular weight excluding hydrogens is 180 g/mol. The molecule has 14 heavy (non-hydrogen) atoms. The molecule has 0 saturated heterocycles. The van der Waals surface area contributed by atoms with Crippen LogP contribution in [0, 0.1) is 0 Å². The van der Waals surface area contributed by atoms with E-state index in [0.717, 1.165) is 0 Å². The molecule has 2 N–H and O–H groups in total. The zero-order valence-electron chi connectivity index (χ0n) is 10.4. The average molecular weight is 206 g/mol. The minimum absolute atomic E-state index is 0.127. The van der Waals surface area contributed by atoms with Gasteiger partial charge in [-0.3, -0.25) is 14.1 Å². The third-order valence-corrected chi connectivity index (χ3v) is 2.82. The second kappa shape index (κ2) is 4.14. The molecule has 0 aromatic heterocycles. The summed E-state index contributed by atoms with van der Waals surface area (Å²) in [6.07, 6.45) is 1.22. The molecule has 0 atom stereocenters. The van der Waals surface area contributed by atoms with Gasteiger partial charge in [-0.2, -0.15) is 0 Å². The third-order valence-electron chi connectivity index (χ3n) is 2.82. The van der Waals surface area contributed by atoms with Crippen molar-refractivity contribution in [2.45, 2.75) is 18.7 Å². The summed E-state index contributed by atoms with van der Waals surface area (Å²) in [7, 11) is 11.8. The van der Waals surface area contributed by atoms with Crippen molar-refractivity contribution in [3.63, 3.8) is 0 Å². The summed E-state index contributed by atoms with van der Waals surface area (Å²) >= 11 is 0. The van der Waals surface area contributed by atoms with Crippen LogP contribution in [-0.2, 0) is 0 Å². The topological polar surface area (TPSA) is 40.5 Å². The Hall–Kier alpha value is -0.160. The smallest absolute Gasteiger partial charge is 0.338 e. The summed E-state index contributed by atoms with van der Waals surface area (Å²) in [6.45, 7) is 0.127. The Morgan fingerprint density at radius 3 is 1.50 bits per heavy atom. The number of quaternary nitrogens is 2. The predicted molar refractivity (Wildman–Crippen MR) is 57.3 cm³/mol. The predicted octanol–water partition coefficient (Wildman–Crippen LogP) is -0.183. The number of nitrogens with zero attached hydrogens (tertiary/aromatic N) is 2. The minimum atomic E-state index is -0.858. The molecule has 0 spiro atoms. The van der Waals surface area contributed by atoms with Gasteiger partial charge in [0.2, 0.25) is 0 Å². The number of hydrogen-bond acceptors (Lipinski definition) is 2. The van der Waals surface area contributed by atoms with E-state index in [1.54, 1.807) is 0 Å². The Kier molecular flexibility index (Phi) is 4.10. The van der Waals surface area contributed by atoms with Crippen LogP contribution in [0.4, 0.5) is 0 Å². The van der Waals surface area contributed by atoms with E-state index in [1.807, 2.05) is 42.3 Å². The summed E-state index contributed by atoms with van der Waals surface area (Å²) in [4.78, 5) is 0. The molecule has 4 heteroatoms. The maximum Gasteiger partial charge on any atom is 0.338 e. The number of rotatable bonds is 5. The second-order valence-corrected chi connectivity index (χ2v) is 5.63. The van der Waals surface area contributed by atoms with Crippen LogP contribution in [0.15, 0.2) is 0 Å². The zero-order valence-corrected chi connectivity index (χ0v) is 10.4. The first kappa shape index (κ1) is 13.8. The normalized spacial score (nSPS) is 14.6. The molecule has 4 nitrogen and oxygen atoms in total. The molecule has 0 radical (unpaired) electrons. The summed E-state index contributed by atoms with van der Waals surface area (Å²) in [5.41, 5.74) is 0. The highest BCUT2D eigenvalue weighted by Crippen LogP contribution is 2.28. The monoisotopic (exact) mass is 206 g/mol. The Bertz CT molecular complexity index is 166. The van der Waals surface area contributed by atoms with E-state index in [4.69, 9.17) is 5.11 Å². The van der Waals surface area contributed by atoms with Crippen molar-refractivity contribution in [1.29, 1.82) is 0 Å². The van der Waals surface area contributed by atoms with Crippen LogP contribution in [0.25, 0.3) is 0 Å². The van der Waals surface area contributed by atoms with Gasteiger partial charge < -0.3 is 5.11 Å². The molecule has 0 aromatic rings. The van der Waals surface area contributed by atoms with Crippen molar-refractivity contribution >= 4 is 0 Å². The van der Waals surface area contributed by atoms with E-state index < -0.39 is 5.85 Å². The van der Waals surface area contributed by atoms with Gasteiger partial charge in [0, 0.05) is 6.61 Å². The first-order chi connectivity index (χ1) is 6.06. The molecule has 0 bridgehead atoms. The van der Waals surface area contributed by atoms with Crippen molar-refractivity contribution in [3.8, 4) is 0 Å². The fourth-order valence-electron chi connectivity index (χ4n) is 1.89. The van der Waals surface area contributed by atoms with Crippen LogP contribution in [0.1, 0.15) is 12.8 Å². The lowest BCUT2D eigenvalue weighted by Gasteiger charge is -2.48. The van der Waals surface area contributed by atoms with Crippen LogP contribution >= 0.6 is 0 Å². The van der Waals surface area contributed by atoms with Gasteiger partial charge in [-0.15, -0.1) is 0 Å². The molecule has 0 heterocycles. The molecule has 0 unspecified atom stereocenters. The van der Waals surface area contributed by atoms with Gasteiger partial charge >= 0.3 is 5.85 Å². The maximum atomic E-state index is 10.6. The molecule has 0 amide bonds. The van der Waals surface area contributed by atoms with Crippen molar-refractivity contribution in [2.75, 3.05) is 48.9 Å². The SMILES string of the molecule is C[N+](C)(C)C(O)(CCCO)[N+](C)(C)C. The van der Waals surface area contributed by atoms with Crippen molar-refractivity contribution in [1.82, 2.24) is 0 Å². The Balaban J connectivity index is 4.87. The molecule has 86 valence electrons. The summed E-state index contributed by atoms with van der Waals surface area (Å²) in [5.74, 6) is -0.858. The van der Waals surface area contributed by atoms with E-state index in [9.17, 15) is 5.11 Å². The van der Waals surface area contributed by atoms with E-state index in [1.165, 1.54) is 0 Å². The van der Waals surface area contributed by atoms with E-state index in [2.05, 4.69) is 0 Å². The second-order valence-electron chi connectivity index (χ2n) is 5.63. The molecule has 0 saturated carbocycles. The molecular formula is C10H26N2O2+2. The quantitative estimate of drug-likeness (QED) is 0.484. The van der Waals surface area contributed by atoms with Crippen molar-refractivity contribution < 1.29 is 19.2 Å². The minimum Gasteiger partial charge on any atom is -0.396 e. The van der Waals surface area contributed by atoms with Gasteiger partial charge in [-0.25, -0.2) is 0 Å². The van der Waals surface area contributed by atoms with Gasteiger partial charge in [0.1, 0.15) is 0 Å². The van der Waals surface area contributed by atoms with Gasteiger partial charge in [-0.1, -0.05) is 0 Å². The highest BCUT2D eigenvalue weighted by Gasteiger charge is 2.52. The average Bonchev–Trinajstić information content (AvgIpc) is 1.95. The number of aliphatic hydroxyl groups excluding tert-OH is 1. The van der Waals surface area contributed by atoms with Crippen LogP contribution in [0.3, 0.4) is 0 Å². The van der Waals surface area contributed by atoms with E-state index >= 15 is 0 Å². The number of aliphatic hydroxyl groups is 2. The van der Waals surface area contributed by atoms with Crippen LogP contribution in [0.5, 0.6) is 0 Å². The lowest BCUT2D eigenvalue weighted by atomic mass is 10.1. The summed E-state index contributed by atoms with van der Waals surface area (Å²) in [5, 5.41) is 19.5. The highest BCUT2D eigenvalue weighted by atomic mass is 16.3. The van der Waals surface area contributed by atoms with E-state index in [0.29, 0.717) is 21.8 Å². The first-order valence-electron chi connectivity index (χ1n) is 5.02. The third kappa shape index (κ3) is 2.67. The van der Waals surface area contributed by atoms with Gasteiger partial charge in [0.25, 0.3) is 0 Å². The standard InChI is InChI=1S/C10H26N2O2/c1-11(2,3)10(14,8-7-9-13)12(4,5)6/h13-14H,7-9H2,1-6H3/q+2. The molecule has 0 aliphatic rings. The lowest BCUT2D eigenvalue weighted by molar-refractivity contribution is -1.15. The Morgan fingerprint density at radius 1 is 0.929 bits per heavy atom. The van der Waals surface area contributed by atoms with Crippen molar-refractivity contribution in [3.05, 3.63) is 0 Å². The van der Waals surface area contributed by atoms with Gasteiger partial charge in [0.05, 0.1) is 48.7 Å². The van der Waals surface area contributed by atoms with Gasteiger partial charge in [0.15, 0.2) is 0 Å². The fourth-order valence-corrected chi connectivity index (χ4v) is 1.89. The van der Waals surface area contributed by atoms with Crippen LogP contribution in [-0.4, -0.2) is 73.9 Å². The summed E-state index contributed by atoms with van der Waals surface area (Å²) < 4.78 is 0.938. The van der Waals surface area contributed by atoms with Crippen LogP contribution < -0.4 is 0 Å². The lowest BCUT2D eigenvalue weighted by Crippen LogP contribution is -2.72. The molecule has 0 fully saturated rings. The highest BCUT2D eigenvalue weighted by molar-refractivity contribution is 4.54. The molecule has 0 aromatic carbocycles. The Labute approximate surface area is 87.6 Å².